The molecule has 0 aliphatic heterocycles. The van der Waals surface area contributed by atoms with Crippen LogP contribution in [0.1, 0.15) is 12.8 Å². The lowest BCUT2D eigenvalue weighted by Crippen LogP contribution is -2.37. The fraction of sp³-hybridized carbons (Fsp3) is 1.00. The van der Waals surface area contributed by atoms with Crippen molar-refractivity contribution >= 4 is 0 Å². The number of hydrogen-bond donors (Lipinski definition) is 3. The van der Waals surface area contributed by atoms with Gasteiger partial charge in [-0.1, -0.05) is 0 Å². The van der Waals surface area contributed by atoms with Crippen LogP contribution in [0.2, 0.25) is 0 Å². The van der Waals surface area contributed by atoms with Crippen LogP contribution in [0.4, 0.5) is 0 Å². The predicted octanol–water partition coefficient (Wildman–Crippen LogP) is -1.20. The van der Waals surface area contributed by atoms with Crippen LogP contribution in [0.5, 0.6) is 0 Å². The van der Waals surface area contributed by atoms with Gasteiger partial charge < -0.3 is 15.3 Å². The largest absolute Gasteiger partial charge is 0.395 e. The Morgan fingerprint density at radius 2 is 2.00 bits per heavy atom. The normalized spacial score (nSPS) is 20.0. The van der Waals surface area contributed by atoms with Crippen LogP contribution >= 0.6 is 0 Å². The third kappa shape index (κ3) is 3.06. The summed E-state index contributed by atoms with van der Waals surface area (Å²) < 4.78 is 0. The van der Waals surface area contributed by atoms with Crippen molar-refractivity contribution < 1.29 is 15.3 Å². The molecule has 0 radical (unpaired) electrons. The lowest BCUT2D eigenvalue weighted by atomic mass is 10.3. The lowest BCUT2D eigenvalue weighted by Gasteiger charge is -2.22. The first kappa shape index (κ1) is 9.92. The van der Waals surface area contributed by atoms with E-state index >= 15 is 0 Å². The first-order valence-electron chi connectivity index (χ1n) is 4.41. The Morgan fingerprint density at radius 3 is 2.42 bits per heavy atom. The van der Waals surface area contributed by atoms with Crippen molar-refractivity contribution in [2.45, 2.75) is 25.0 Å². The van der Waals surface area contributed by atoms with Crippen molar-refractivity contribution in [2.75, 3.05) is 26.3 Å². The molecule has 1 unspecified atom stereocenters. The number of hydrogen-bond acceptors (Lipinski definition) is 4. The van der Waals surface area contributed by atoms with Crippen LogP contribution in [-0.4, -0.2) is 58.7 Å². The number of aliphatic hydroxyl groups excluding tert-OH is 3. The molecule has 0 aromatic heterocycles. The van der Waals surface area contributed by atoms with Gasteiger partial charge in [0.05, 0.1) is 19.3 Å². The lowest BCUT2D eigenvalue weighted by molar-refractivity contribution is 0.0508. The van der Waals surface area contributed by atoms with Crippen LogP contribution in [-0.2, 0) is 0 Å². The third-order valence-electron chi connectivity index (χ3n) is 2.11. The molecule has 1 rings (SSSR count). The summed E-state index contributed by atoms with van der Waals surface area (Å²) in [5.41, 5.74) is 0. The minimum Gasteiger partial charge on any atom is -0.395 e. The van der Waals surface area contributed by atoms with E-state index in [0.29, 0.717) is 19.1 Å². The van der Waals surface area contributed by atoms with Gasteiger partial charge in [0.2, 0.25) is 0 Å². The van der Waals surface area contributed by atoms with Gasteiger partial charge in [-0.25, -0.2) is 0 Å². The summed E-state index contributed by atoms with van der Waals surface area (Å²) in [6, 6.07) is 0.526. The van der Waals surface area contributed by atoms with Gasteiger partial charge in [-0.3, -0.25) is 4.90 Å². The summed E-state index contributed by atoms with van der Waals surface area (Å²) in [4.78, 5) is 2.03. The summed E-state index contributed by atoms with van der Waals surface area (Å²) in [5, 5.41) is 26.5. The molecule has 1 aliphatic rings. The van der Waals surface area contributed by atoms with Crippen molar-refractivity contribution in [3.05, 3.63) is 0 Å². The monoisotopic (exact) mass is 175 g/mol. The van der Waals surface area contributed by atoms with Crippen LogP contribution in [0.25, 0.3) is 0 Å². The molecule has 0 spiro atoms. The SMILES string of the molecule is OCCN(CC(O)CO)C1CC1. The van der Waals surface area contributed by atoms with Gasteiger partial charge in [0.25, 0.3) is 0 Å². The Labute approximate surface area is 72.4 Å². The molecule has 72 valence electrons. The van der Waals surface area contributed by atoms with Crippen LogP contribution < -0.4 is 0 Å². The zero-order chi connectivity index (χ0) is 8.97. The van der Waals surface area contributed by atoms with Gasteiger partial charge in [-0.15, -0.1) is 0 Å². The van der Waals surface area contributed by atoms with E-state index < -0.39 is 6.10 Å². The van der Waals surface area contributed by atoms with Crippen molar-refractivity contribution in [3.63, 3.8) is 0 Å². The zero-order valence-electron chi connectivity index (χ0n) is 7.19. The van der Waals surface area contributed by atoms with Crippen molar-refractivity contribution in [1.29, 1.82) is 0 Å². The standard InChI is InChI=1S/C8H17NO3/c10-4-3-9(7-1-2-7)5-8(12)6-11/h7-8,10-12H,1-6H2. The summed E-state index contributed by atoms with van der Waals surface area (Å²) in [5.74, 6) is 0. The van der Waals surface area contributed by atoms with E-state index in [1.54, 1.807) is 0 Å². The first-order chi connectivity index (χ1) is 5.77. The van der Waals surface area contributed by atoms with Gasteiger partial charge in [0, 0.05) is 19.1 Å². The molecule has 4 heteroatoms. The molecule has 0 amide bonds. The molecule has 0 heterocycles. The van der Waals surface area contributed by atoms with E-state index in [2.05, 4.69) is 0 Å². The second-order valence-electron chi connectivity index (χ2n) is 3.29. The highest BCUT2D eigenvalue weighted by atomic mass is 16.3. The zero-order valence-corrected chi connectivity index (χ0v) is 7.19. The van der Waals surface area contributed by atoms with Crippen molar-refractivity contribution in [2.24, 2.45) is 0 Å². The molecule has 1 saturated carbocycles. The van der Waals surface area contributed by atoms with E-state index in [1.807, 2.05) is 4.90 Å². The van der Waals surface area contributed by atoms with Crippen molar-refractivity contribution in [1.82, 2.24) is 4.90 Å². The smallest absolute Gasteiger partial charge is 0.0897 e. The average molecular weight is 175 g/mol. The van der Waals surface area contributed by atoms with Crippen LogP contribution in [0, 0.1) is 0 Å². The Kier molecular flexibility index (Phi) is 3.94. The maximum Gasteiger partial charge on any atom is 0.0897 e. The highest BCUT2D eigenvalue weighted by Crippen LogP contribution is 2.26. The van der Waals surface area contributed by atoms with Gasteiger partial charge in [0.1, 0.15) is 0 Å². The number of rotatable bonds is 6. The van der Waals surface area contributed by atoms with E-state index in [4.69, 9.17) is 15.3 Å². The summed E-state index contributed by atoms with van der Waals surface area (Å²) >= 11 is 0. The molecule has 1 aliphatic carbocycles. The second-order valence-corrected chi connectivity index (χ2v) is 3.29. The molecule has 1 atom stereocenters. The Morgan fingerprint density at radius 1 is 1.33 bits per heavy atom. The van der Waals surface area contributed by atoms with Gasteiger partial charge >= 0.3 is 0 Å². The molecule has 12 heavy (non-hydrogen) atoms. The van der Waals surface area contributed by atoms with Crippen molar-refractivity contribution in [3.8, 4) is 0 Å². The number of aliphatic hydroxyl groups is 3. The van der Waals surface area contributed by atoms with Gasteiger partial charge in [-0.2, -0.15) is 0 Å². The molecule has 0 aromatic carbocycles. The average Bonchev–Trinajstić information content (AvgIpc) is 2.86. The summed E-state index contributed by atoms with van der Waals surface area (Å²) in [6.45, 7) is 0.993. The molecular weight excluding hydrogens is 158 g/mol. The second kappa shape index (κ2) is 4.77. The molecule has 3 N–H and O–H groups in total. The van der Waals surface area contributed by atoms with Crippen LogP contribution in [0.3, 0.4) is 0 Å². The molecule has 0 bridgehead atoms. The maximum absolute atomic E-state index is 9.16. The molecular formula is C8H17NO3. The fourth-order valence-corrected chi connectivity index (χ4v) is 1.32. The number of nitrogens with zero attached hydrogens (tertiary/aromatic N) is 1. The molecule has 1 fully saturated rings. The predicted molar refractivity (Wildman–Crippen MR) is 44.8 cm³/mol. The minimum absolute atomic E-state index is 0.120. The van der Waals surface area contributed by atoms with E-state index in [9.17, 15) is 0 Å². The topological polar surface area (TPSA) is 63.9 Å². The molecule has 4 nitrogen and oxygen atoms in total. The summed E-state index contributed by atoms with van der Waals surface area (Å²) in [6.07, 6.45) is 1.63. The Hall–Kier alpha value is -0.160. The third-order valence-corrected chi connectivity index (χ3v) is 2.11. The van der Waals surface area contributed by atoms with Gasteiger partial charge in [0.15, 0.2) is 0 Å². The molecule has 0 saturated heterocycles. The fourth-order valence-electron chi connectivity index (χ4n) is 1.32. The quantitative estimate of drug-likeness (QED) is 0.474. The Bertz CT molecular complexity index is 127. The molecule has 0 aromatic rings. The maximum atomic E-state index is 9.16. The highest BCUT2D eigenvalue weighted by molar-refractivity contribution is 4.85. The highest BCUT2D eigenvalue weighted by Gasteiger charge is 2.29. The minimum atomic E-state index is -0.669. The van der Waals surface area contributed by atoms with E-state index in [0.717, 1.165) is 12.8 Å². The summed E-state index contributed by atoms with van der Waals surface area (Å²) in [7, 11) is 0. The van der Waals surface area contributed by atoms with Gasteiger partial charge in [-0.05, 0) is 12.8 Å². The van der Waals surface area contributed by atoms with E-state index in [1.165, 1.54) is 0 Å². The Balaban J connectivity index is 2.22. The van der Waals surface area contributed by atoms with Crippen LogP contribution in [0.15, 0.2) is 0 Å². The van der Waals surface area contributed by atoms with E-state index in [-0.39, 0.29) is 13.2 Å². The first-order valence-corrected chi connectivity index (χ1v) is 4.41.